The third-order valence-electron chi connectivity index (χ3n) is 1.44. The van der Waals surface area contributed by atoms with E-state index in [1.165, 1.54) is 11.3 Å². The first-order valence-electron chi connectivity index (χ1n) is 3.54. The van der Waals surface area contributed by atoms with Gasteiger partial charge in [0.25, 0.3) is 0 Å². The summed E-state index contributed by atoms with van der Waals surface area (Å²) in [7, 11) is 0. The number of hydrogen-bond donors (Lipinski definition) is 2. The first kappa shape index (κ1) is 7.93. The Hall–Kier alpha value is -1.69. The second kappa shape index (κ2) is 2.98. The van der Waals surface area contributed by atoms with Crippen molar-refractivity contribution >= 4 is 23.1 Å². The van der Waals surface area contributed by atoms with Gasteiger partial charge in [-0.05, 0) is 0 Å². The lowest BCUT2D eigenvalue weighted by Gasteiger charge is -1.94. The van der Waals surface area contributed by atoms with Gasteiger partial charge in [0.2, 0.25) is 5.95 Å². The minimum atomic E-state index is 0.258. The molecule has 0 fully saturated rings. The Labute approximate surface area is 78.5 Å². The molecule has 0 aliphatic rings. The van der Waals surface area contributed by atoms with Gasteiger partial charge in [-0.1, -0.05) is 0 Å². The summed E-state index contributed by atoms with van der Waals surface area (Å²) >= 11 is 1.45. The van der Waals surface area contributed by atoms with Crippen LogP contribution in [-0.2, 0) is 0 Å². The van der Waals surface area contributed by atoms with Crippen molar-refractivity contribution in [3.63, 3.8) is 0 Å². The largest absolute Gasteiger partial charge is 0.383 e. The molecular formula is C7H7N5S. The molecule has 0 bridgehead atoms. The van der Waals surface area contributed by atoms with E-state index in [4.69, 9.17) is 11.5 Å². The van der Waals surface area contributed by atoms with Crippen LogP contribution in [0.15, 0.2) is 17.8 Å². The van der Waals surface area contributed by atoms with Crippen LogP contribution in [0, 0.1) is 0 Å². The molecule has 0 radical (unpaired) electrons. The van der Waals surface area contributed by atoms with Gasteiger partial charge in [0.05, 0.1) is 0 Å². The first-order chi connectivity index (χ1) is 6.25. The molecule has 0 saturated carbocycles. The highest BCUT2D eigenvalue weighted by molar-refractivity contribution is 7.13. The standard InChI is InChI=1S/C7H7N5S/c8-5-3-13-6(12-5)4-1-10-7(9)11-2-4/h1-3H,8H2,(H2,9,10,11). The second-order valence-electron chi connectivity index (χ2n) is 2.41. The number of nitrogens with zero attached hydrogens (tertiary/aromatic N) is 3. The van der Waals surface area contributed by atoms with E-state index in [0.717, 1.165) is 10.6 Å². The number of rotatable bonds is 1. The smallest absolute Gasteiger partial charge is 0.219 e. The van der Waals surface area contributed by atoms with Gasteiger partial charge in [-0.3, -0.25) is 0 Å². The van der Waals surface area contributed by atoms with E-state index >= 15 is 0 Å². The molecule has 5 nitrogen and oxygen atoms in total. The van der Waals surface area contributed by atoms with Gasteiger partial charge in [-0.25, -0.2) is 15.0 Å². The zero-order chi connectivity index (χ0) is 9.26. The van der Waals surface area contributed by atoms with E-state index in [9.17, 15) is 0 Å². The highest BCUT2D eigenvalue weighted by atomic mass is 32.1. The fourth-order valence-electron chi connectivity index (χ4n) is 0.867. The van der Waals surface area contributed by atoms with E-state index in [-0.39, 0.29) is 5.95 Å². The predicted octanol–water partition coefficient (Wildman–Crippen LogP) is 0.765. The molecule has 0 spiro atoms. The molecule has 0 unspecified atom stereocenters. The van der Waals surface area contributed by atoms with Crippen LogP contribution in [0.1, 0.15) is 0 Å². The average molecular weight is 193 g/mol. The van der Waals surface area contributed by atoms with Gasteiger partial charge in [-0.2, -0.15) is 0 Å². The topological polar surface area (TPSA) is 90.7 Å². The van der Waals surface area contributed by atoms with Crippen molar-refractivity contribution in [2.24, 2.45) is 0 Å². The van der Waals surface area contributed by atoms with Gasteiger partial charge in [0.15, 0.2) is 0 Å². The second-order valence-corrected chi connectivity index (χ2v) is 3.27. The molecule has 2 aromatic heterocycles. The molecule has 2 aromatic rings. The Morgan fingerprint density at radius 3 is 2.38 bits per heavy atom. The fraction of sp³-hybridized carbons (Fsp3) is 0. The van der Waals surface area contributed by atoms with Crippen LogP contribution in [0.3, 0.4) is 0 Å². The lowest BCUT2D eigenvalue weighted by molar-refractivity contribution is 1.18. The lowest BCUT2D eigenvalue weighted by atomic mass is 10.4. The number of anilines is 2. The van der Waals surface area contributed by atoms with Crippen LogP contribution in [0.5, 0.6) is 0 Å². The molecule has 0 saturated heterocycles. The van der Waals surface area contributed by atoms with Gasteiger partial charge in [0.1, 0.15) is 10.8 Å². The third kappa shape index (κ3) is 1.57. The summed E-state index contributed by atoms with van der Waals surface area (Å²) in [4.78, 5) is 11.8. The molecule has 0 aromatic carbocycles. The van der Waals surface area contributed by atoms with Crippen LogP contribution in [0.25, 0.3) is 10.6 Å². The van der Waals surface area contributed by atoms with Crippen molar-refractivity contribution < 1.29 is 0 Å². The molecule has 0 amide bonds. The number of nitrogens with two attached hydrogens (primary N) is 2. The van der Waals surface area contributed by atoms with Crippen LogP contribution < -0.4 is 11.5 Å². The number of thiazole rings is 1. The van der Waals surface area contributed by atoms with Crippen molar-refractivity contribution in [3.8, 4) is 10.6 Å². The van der Waals surface area contributed by atoms with Crippen molar-refractivity contribution in [2.45, 2.75) is 0 Å². The van der Waals surface area contributed by atoms with E-state index in [0.29, 0.717) is 5.82 Å². The fourth-order valence-corrected chi connectivity index (χ4v) is 1.55. The lowest BCUT2D eigenvalue weighted by Crippen LogP contribution is -1.93. The Morgan fingerprint density at radius 1 is 1.15 bits per heavy atom. The van der Waals surface area contributed by atoms with E-state index < -0.39 is 0 Å². The van der Waals surface area contributed by atoms with Gasteiger partial charge < -0.3 is 11.5 Å². The van der Waals surface area contributed by atoms with Gasteiger partial charge in [0, 0.05) is 23.3 Å². The first-order valence-corrected chi connectivity index (χ1v) is 4.42. The number of hydrogen-bond acceptors (Lipinski definition) is 6. The quantitative estimate of drug-likeness (QED) is 0.697. The maximum atomic E-state index is 5.48. The highest BCUT2D eigenvalue weighted by Gasteiger charge is 2.02. The summed E-state index contributed by atoms with van der Waals surface area (Å²) in [5, 5.41) is 2.57. The molecule has 4 N–H and O–H groups in total. The SMILES string of the molecule is Nc1csc(-c2cnc(N)nc2)n1. The minimum Gasteiger partial charge on any atom is -0.383 e. The summed E-state index contributed by atoms with van der Waals surface area (Å²) in [6.45, 7) is 0. The Morgan fingerprint density at radius 2 is 1.85 bits per heavy atom. The molecule has 0 atom stereocenters. The summed E-state index contributed by atoms with van der Waals surface area (Å²) < 4.78 is 0. The summed E-state index contributed by atoms with van der Waals surface area (Å²) in [5.41, 5.74) is 11.7. The molecule has 2 heterocycles. The van der Waals surface area contributed by atoms with Crippen LogP contribution in [0.4, 0.5) is 11.8 Å². The number of nitrogen functional groups attached to an aromatic ring is 2. The van der Waals surface area contributed by atoms with Crippen molar-refractivity contribution in [1.82, 2.24) is 15.0 Å². The Balaban J connectivity index is 2.41. The molecule has 2 rings (SSSR count). The van der Waals surface area contributed by atoms with Gasteiger partial charge >= 0.3 is 0 Å². The van der Waals surface area contributed by atoms with Crippen molar-refractivity contribution in [2.75, 3.05) is 11.5 Å². The van der Waals surface area contributed by atoms with Gasteiger partial charge in [-0.15, -0.1) is 11.3 Å². The monoisotopic (exact) mass is 193 g/mol. The van der Waals surface area contributed by atoms with E-state index in [2.05, 4.69) is 15.0 Å². The molecule has 13 heavy (non-hydrogen) atoms. The Bertz CT molecular complexity index is 407. The Kier molecular flexibility index (Phi) is 1.82. The number of aromatic nitrogens is 3. The van der Waals surface area contributed by atoms with E-state index in [1.807, 2.05) is 0 Å². The molecule has 66 valence electrons. The van der Waals surface area contributed by atoms with Crippen LogP contribution in [-0.4, -0.2) is 15.0 Å². The van der Waals surface area contributed by atoms with Crippen LogP contribution in [0.2, 0.25) is 0 Å². The van der Waals surface area contributed by atoms with Crippen molar-refractivity contribution in [1.29, 1.82) is 0 Å². The zero-order valence-electron chi connectivity index (χ0n) is 6.64. The maximum Gasteiger partial charge on any atom is 0.219 e. The van der Waals surface area contributed by atoms with Crippen LogP contribution >= 0.6 is 11.3 Å². The predicted molar refractivity (Wildman–Crippen MR) is 52.0 cm³/mol. The van der Waals surface area contributed by atoms with Crippen molar-refractivity contribution in [3.05, 3.63) is 17.8 Å². The maximum absolute atomic E-state index is 5.48. The third-order valence-corrected chi connectivity index (χ3v) is 2.35. The summed E-state index contributed by atoms with van der Waals surface area (Å²) in [6, 6.07) is 0. The molecule has 6 heteroatoms. The average Bonchev–Trinajstić information content (AvgIpc) is 2.53. The molecular weight excluding hydrogens is 186 g/mol. The minimum absolute atomic E-state index is 0.258. The normalized spacial score (nSPS) is 10.2. The summed E-state index contributed by atoms with van der Waals surface area (Å²) in [6.07, 6.45) is 3.25. The molecule has 0 aliphatic carbocycles. The summed E-state index contributed by atoms with van der Waals surface area (Å²) in [5.74, 6) is 0.769. The highest BCUT2D eigenvalue weighted by Crippen LogP contribution is 2.23. The van der Waals surface area contributed by atoms with E-state index in [1.54, 1.807) is 17.8 Å². The molecule has 0 aliphatic heterocycles. The zero-order valence-corrected chi connectivity index (χ0v) is 7.45.